The summed E-state index contributed by atoms with van der Waals surface area (Å²) in [6.45, 7) is 0.0393. The molecule has 1 unspecified atom stereocenters. The molecule has 1 aromatic carbocycles. The van der Waals surface area contributed by atoms with Crippen LogP contribution in [0.2, 0.25) is 0 Å². The summed E-state index contributed by atoms with van der Waals surface area (Å²) in [6, 6.07) is 7.35. The van der Waals surface area contributed by atoms with Gasteiger partial charge in [-0.1, -0.05) is 12.1 Å². The fourth-order valence-corrected chi connectivity index (χ4v) is 3.92. The van der Waals surface area contributed by atoms with E-state index in [-0.39, 0.29) is 40.7 Å². The van der Waals surface area contributed by atoms with Crippen LogP contribution in [0.1, 0.15) is 17.3 Å². The molecule has 0 N–H and O–H groups in total. The van der Waals surface area contributed by atoms with Gasteiger partial charge in [0.15, 0.2) is 6.17 Å². The van der Waals surface area contributed by atoms with Crippen molar-refractivity contribution in [1.29, 1.82) is 5.26 Å². The maximum absolute atomic E-state index is 13.4. The maximum Gasteiger partial charge on any atom is 0.273 e. The number of benzene rings is 1. The first kappa shape index (κ1) is 18.0. The number of alkyl halides is 3. The zero-order valence-corrected chi connectivity index (χ0v) is 14.0. The Morgan fingerprint density at radius 2 is 1.92 bits per heavy atom. The van der Waals surface area contributed by atoms with Gasteiger partial charge in [0, 0.05) is 6.20 Å². The van der Waals surface area contributed by atoms with E-state index in [1.807, 2.05) is 6.07 Å². The summed E-state index contributed by atoms with van der Waals surface area (Å²) < 4.78 is 70.3. The van der Waals surface area contributed by atoms with Crippen LogP contribution in [-0.2, 0) is 10.0 Å². The molecule has 1 aromatic heterocycles. The first-order chi connectivity index (χ1) is 12.3. The molecular formula is C16H12F3N3O3S. The molecule has 1 aliphatic heterocycles. The van der Waals surface area contributed by atoms with Crippen molar-refractivity contribution in [3.63, 3.8) is 0 Å². The minimum atomic E-state index is -4.07. The summed E-state index contributed by atoms with van der Waals surface area (Å²) in [4.78, 5) is 3.72. The van der Waals surface area contributed by atoms with Crippen molar-refractivity contribution in [2.24, 2.45) is 0 Å². The van der Waals surface area contributed by atoms with E-state index in [0.29, 0.717) is 0 Å². The predicted octanol–water partition coefficient (Wildman–Crippen LogP) is 2.82. The number of sulfonamides is 1. The van der Waals surface area contributed by atoms with Crippen molar-refractivity contribution in [3.05, 3.63) is 47.7 Å². The Balaban J connectivity index is 1.99. The van der Waals surface area contributed by atoms with Crippen molar-refractivity contribution < 1.29 is 26.3 Å². The first-order valence-electron chi connectivity index (χ1n) is 7.42. The highest BCUT2D eigenvalue weighted by molar-refractivity contribution is 7.92. The third kappa shape index (κ3) is 3.17. The quantitative estimate of drug-likeness (QED) is 0.811. The number of rotatable bonds is 4. The number of halogens is 3. The molecule has 0 saturated carbocycles. The number of pyridine rings is 1. The van der Waals surface area contributed by atoms with Gasteiger partial charge in [0.05, 0.1) is 17.0 Å². The van der Waals surface area contributed by atoms with Gasteiger partial charge < -0.3 is 4.74 Å². The molecule has 0 bridgehead atoms. The van der Waals surface area contributed by atoms with E-state index in [1.165, 1.54) is 12.3 Å². The van der Waals surface area contributed by atoms with Crippen molar-refractivity contribution in [2.45, 2.75) is 17.5 Å². The summed E-state index contributed by atoms with van der Waals surface area (Å²) in [7, 11) is -4.07. The number of fused-ring (bicyclic) bond motifs is 1. The summed E-state index contributed by atoms with van der Waals surface area (Å²) in [6.07, 6.45) is -4.42. The average molecular weight is 383 g/mol. The Labute approximate surface area is 147 Å². The van der Waals surface area contributed by atoms with Crippen LogP contribution in [0.4, 0.5) is 18.9 Å². The highest BCUT2D eigenvalue weighted by Gasteiger charge is 2.31. The fourth-order valence-electron chi connectivity index (χ4n) is 2.48. The maximum atomic E-state index is 13.4. The van der Waals surface area contributed by atoms with E-state index < -0.39 is 22.6 Å². The number of anilines is 1. The third-order valence-electron chi connectivity index (χ3n) is 3.77. The largest absolute Gasteiger partial charge is 0.474 e. The SMILES string of the molecule is N#Cc1cnc2c(c1)N(S(=O)(=O)c1ccc(C(F)C(F)F)cc1)CCO2. The van der Waals surface area contributed by atoms with Crippen molar-refractivity contribution >= 4 is 15.7 Å². The molecule has 0 saturated heterocycles. The summed E-state index contributed by atoms with van der Waals surface area (Å²) >= 11 is 0. The highest BCUT2D eigenvalue weighted by Crippen LogP contribution is 2.34. The Kier molecular flexibility index (Phi) is 4.73. The highest BCUT2D eigenvalue weighted by atomic mass is 32.2. The second-order valence-electron chi connectivity index (χ2n) is 5.39. The molecule has 0 amide bonds. The van der Waals surface area contributed by atoms with Crippen LogP contribution in [0.5, 0.6) is 5.88 Å². The van der Waals surface area contributed by atoms with Crippen molar-refractivity contribution in [2.75, 3.05) is 17.5 Å². The van der Waals surface area contributed by atoms with Crippen LogP contribution >= 0.6 is 0 Å². The molecule has 0 radical (unpaired) electrons. The monoisotopic (exact) mass is 383 g/mol. The Morgan fingerprint density at radius 3 is 2.54 bits per heavy atom. The van der Waals surface area contributed by atoms with Gasteiger partial charge >= 0.3 is 0 Å². The predicted molar refractivity (Wildman–Crippen MR) is 85.3 cm³/mol. The number of aromatic nitrogens is 1. The van der Waals surface area contributed by atoms with Crippen LogP contribution in [0.3, 0.4) is 0 Å². The van der Waals surface area contributed by atoms with E-state index in [4.69, 9.17) is 10.00 Å². The molecule has 6 nitrogen and oxygen atoms in total. The molecule has 136 valence electrons. The number of hydrogen-bond acceptors (Lipinski definition) is 5. The lowest BCUT2D eigenvalue weighted by molar-refractivity contribution is 0.0495. The van der Waals surface area contributed by atoms with Crippen LogP contribution in [0.15, 0.2) is 41.4 Å². The van der Waals surface area contributed by atoms with E-state index >= 15 is 0 Å². The van der Waals surface area contributed by atoms with Crippen LogP contribution in [0.25, 0.3) is 0 Å². The second-order valence-corrected chi connectivity index (χ2v) is 7.25. The number of hydrogen-bond donors (Lipinski definition) is 0. The van der Waals surface area contributed by atoms with E-state index in [1.54, 1.807) is 0 Å². The van der Waals surface area contributed by atoms with Crippen molar-refractivity contribution in [1.82, 2.24) is 4.98 Å². The lowest BCUT2D eigenvalue weighted by atomic mass is 10.1. The lowest BCUT2D eigenvalue weighted by Gasteiger charge is -2.29. The molecule has 0 spiro atoms. The van der Waals surface area contributed by atoms with Gasteiger partial charge in [-0.2, -0.15) is 5.26 Å². The summed E-state index contributed by atoms with van der Waals surface area (Å²) in [5, 5.41) is 8.98. The number of ether oxygens (including phenoxy) is 1. The molecule has 0 aliphatic carbocycles. The smallest absolute Gasteiger partial charge is 0.273 e. The molecule has 10 heteroatoms. The fraction of sp³-hybridized carbons (Fsp3) is 0.250. The molecule has 2 aromatic rings. The molecule has 26 heavy (non-hydrogen) atoms. The zero-order valence-electron chi connectivity index (χ0n) is 13.1. The van der Waals surface area contributed by atoms with Gasteiger partial charge in [-0.05, 0) is 23.8 Å². The van der Waals surface area contributed by atoms with Crippen LogP contribution < -0.4 is 9.04 Å². The Bertz CT molecular complexity index is 959. The van der Waals surface area contributed by atoms with Gasteiger partial charge in [0.2, 0.25) is 5.88 Å². The van der Waals surface area contributed by atoms with Gasteiger partial charge in [0.1, 0.15) is 18.4 Å². The Hall–Kier alpha value is -2.80. The molecule has 3 rings (SSSR count). The van der Waals surface area contributed by atoms with Gasteiger partial charge in [-0.15, -0.1) is 0 Å². The van der Waals surface area contributed by atoms with E-state index in [2.05, 4.69) is 4.98 Å². The lowest BCUT2D eigenvalue weighted by Crippen LogP contribution is -2.38. The first-order valence-corrected chi connectivity index (χ1v) is 8.86. The van der Waals surface area contributed by atoms with E-state index in [9.17, 15) is 21.6 Å². The zero-order chi connectivity index (χ0) is 18.9. The van der Waals surface area contributed by atoms with Crippen molar-refractivity contribution in [3.8, 4) is 11.9 Å². The summed E-state index contributed by atoms with van der Waals surface area (Å²) in [5.74, 6) is 0.0666. The number of nitriles is 1. The van der Waals surface area contributed by atoms with Gasteiger partial charge in [0.25, 0.3) is 16.4 Å². The molecule has 2 heterocycles. The normalized spacial score (nSPS) is 15.1. The van der Waals surface area contributed by atoms with Gasteiger partial charge in [-0.3, -0.25) is 4.31 Å². The standard InChI is InChI=1S/C16H12F3N3O3S/c17-14(15(18)19)11-1-3-12(4-2-11)26(23,24)22-5-6-25-16-13(22)7-10(8-20)9-21-16/h1-4,7,9,14-15H,5-6H2. The van der Waals surface area contributed by atoms with Crippen LogP contribution in [-0.4, -0.2) is 33.0 Å². The second kappa shape index (κ2) is 6.84. The van der Waals surface area contributed by atoms with Gasteiger partial charge in [-0.25, -0.2) is 26.6 Å². The third-order valence-corrected chi connectivity index (χ3v) is 5.60. The topological polar surface area (TPSA) is 83.3 Å². The molecule has 1 atom stereocenters. The summed E-state index contributed by atoms with van der Waals surface area (Å²) in [5.41, 5.74) is -0.0490. The molecule has 0 fully saturated rings. The van der Waals surface area contributed by atoms with E-state index in [0.717, 1.165) is 28.6 Å². The molecule has 1 aliphatic rings. The number of nitrogens with zero attached hydrogens (tertiary/aromatic N) is 3. The minimum Gasteiger partial charge on any atom is -0.474 e. The Morgan fingerprint density at radius 1 is 1.23 bits per heavy atom. The minimum absolute atomic E-state index is 0.0174. The van der Waals surface area contributed by atoms with Crippen LogP contribution in [0, 0.1) is 11.3 Å². The molecular weight excluding hydrogens is 371 g/mol. The average Bonchev–Trinajstić information content (AvgIpc) is 2.66.